The zero-order valence-electron chi connectivity index (χ0n) is 16.0. The Labute approximate surface area is 160 Å². The summed E-state index contributed by atoms with van der Waals surface area (Å²) >= 11 is 0. The minimum atomic E-state index is -0.126. The maximum absolute atomic E-state index is 12.5. The second-order valence-corrected chi connectivity index (χ2v) is 6.78. The Morgan fingerprint density at radius 1 is 1.07 bits per heavy atom. The van der Waals surface area contributed by atoms with Gasteiger partial charge in [-0.3, -0.25) is 4.79 Å². The molecule has 6 nitrogen and oxygen atoms in total. The molecular weight excluding hydrogens is 342 g/mol. The van der Waals surface area contributed by atoms with Crippen molar-refractivity contribution in [2.75, 3.05) is 19.5 Å². The molecule has 0 unspecified atom stereocenters. The third kappa shape index (κ3) is 5.12. The molecule has 0 radical (unpaired) electrons. The number of pyridine rings is 1. The average Bonchev–Trinajstić information content (AvgIpc) is 2.72. The molecule has 0 bridgehead atoms. The van der Waals surface area contributed by atoms with Crippen molar-refractivity contribution in [3.63, 3.8) is 0 Å². The summed E-state index contributed by atoms with van der Waals surface area (Å²) in [6, 6.07) is 9.61. The lowest BCUT2D eigenvalue weighted by atomic mass is 9.95. The van der Waals surface area contributed by atoms with Crippen molar-refractivity contribution in [2.45, 2.75) is 44.7 Å². The van der Waals surface area contributed by atoms with Crippen molar-refractivity contribution >= 4 is 11.7 Å². The third-order valence-electron chi connectivity index (χ3n) is 4.88. The standard InChI is InChI=1S/C21H27N3O3/c1-26-18-9-8-15(12-19(18)27-2)14-23-21(25)16-10-11-22-20(13-16)24-17-6-4-3-5-7-17/h8-13,17H,3-7,14H2,1-2H3,(H,22,24)(H,23,25). The number of benzene rings is 1. The molecule has 1 aromatic heterocycles. The van der Waals surface area contributed by atoms with Gasteiger partial charge in [-0.2, -0.15) is 0 Å². The number of carbonyl (C=O) groups is 1. The lowest BCUT2D eigenvalue weighted by Crippen LogP contribution is -2.25. The van der Waals surface area contributed by atoms with Crippen LogP contribution in [0.25, 0.3) is 0 Å². The molecule has 1 aliphatic rings. The van der Waals surface area contributed by atoms with E-state index in [2.05, 4.69) is 15.6 Å². The molecule has 0 saturated heterocycles. The normalized spacial score (nSPS) is 14.4. The molecule has 1 heterocycles. The fourth-order valence-electron chi connectivity index (χ4n) is 3.38. The Bertz CT molecular complexity index is 773. The molecule has 0 atom stereocenters. The summed E-state index contributed by atoms with van der Waals surface area (Å²) in [5.74, 6) is 1.95. The first-order valence-electron chi connectivity index (χ1n) is 9.41. The van der Waals surface area contributed by atoms with E-state index in [4.69, 9.17) is 9.47 Å². The van der Waals surface area contributed by atoms with Gasteiger partial charge >= 0.3 is 0 Å². The fraction of sp³-hybridized carbons (Fsp3) is 0.429. The van der Waals surface area contributed by atoms with Crippen LogP contribution in [0.2, 0.25) is 0 Å². The summed E-state index contributed by atoms with van der Waals surface area (Å²) in [5.41, 5.74) is 1.54. The van der Waals surface area contributed by atoms with Gasteiger partial charge in [0.2, 0.25) is 0 Å². The lowest BCUT2D eigenvalue weighted by molar-refractivity contribution is 0.0951. The minimum absolute atomic E-state index is 0.126. The van der Waals surface area contributed by atoms with Gasteiger partial charge in [0.15, 0.2) is 11.5 Å². The summed E-state index contributed by atoms with van der Waals surface area (Å²) in [7, 11) is 3.19. The summed E-state index contributed by atoms with van der Waals surface area (Å²) in [4.78, 5) is 16.9. The minimum Gasteiger partial charge on any atom is -0.493 e. The second-order valence-electron chi connectivity index (χ2n) is 6.78. The number of methoxy groups -OCH3 is 2. The zero-order valence-corrected chi connectivity index (χ0v) is 16.0. The van der Waals surface area contributed by atoms with Gasteiger partial charge in [-0.05, 0) is 42.7 Å². The molecule has 1 amide bonds. The van der Waals surface area contributed by atoms with Crippen LogP contribution in [-0.2, 0) is 6.54 Å². The van der Waals surface area contributed by atoms with Crippen molar-refractivity contribution in [1.82, 2.24) is 10.3 Å². The van der Waals surface area contributed by atoms with E-state index in [1.54, 1.807) is 26.5 Å². The number of nitrogens with one attached hydrogen (secondary N) is 2. The zero-order chi connectivity index (χ0) is 19.1. The lowest BCUT2D eigenvalue weighted by Gasteiger charge is -2.23. The van der Waals surface area contributed by atoms with E-state index < -0.39 is 0 Å². The number of rotatable bonds is 7. The van der Waals surface area contributed by atoms with E-state index in [1.165, 1.54) is 19.3 Å². The predicted molar refractivity (Wildman–Crippen MR) is 105 cm³/mol. The van der Waals surface area contributed by atoms with Crippen LogP contribution in [-0.4, -0.2) is 31.2 Å². The maximum Gasteiger partial charge on any atom is 0.251 e. The van der Waals surface area contributed by atoms with Crippen LogP contribution < -0.4 is 20.1 Å². The van der Waals surface area contributed by atoms with Crippen molar-refractivity contribution in [3.05, 3.63) is 47.7 Å². The maximum atomic E-state index is 12.5. The van der Waals surface area contributed by atoms with Crippen molar-refractivity contribution in [2.24, 2.45) is 0 Å². The van der Waals surface area contributed by atoms with Crippen molar-refractivity contribution in [3.8, 4) is 11.5 Å². The van der Waals surface area contributed by atoms with E-state index in [-0.39, 0.29) is 5.91 Å². The topological polar surface area (TPSA) is 72.5 Å². The monoisotopic (exact) mass is 369 g/mol. The third-order valence-corrected chi connectivity index (χ3v) is 4.88. The second kappa shape index (κ2) is 9.26. The highest BCUT2D eigenvalue weighted by atomic mass is 16.5. The summed E-state index contributed by atoms with van der Waals surface area (Å²) in [6.07, 6.45) is 7.82. The van der Waals surface area contributed by atoms with Crippen LogP contribution in [0.1, 0.15) is 48.0 Å². The molecule has 1 fully saturated rings. The number of amides is 1. The highest BCUT2D eigenvalue weighted by Gasteiger charge is 2.14. The number of hydrogen-bond acceptors (Lipinski definition) is 5. The molecule has 0 spiro atoms. The van der Waals surface area contributed by atoms with Crippen molar-refractivity contribution < 1.29 is 14.3 Å². The summed E-state index contributed by atoms with van der Waals surface area (Å²) < 4.78 is 10.5. The first-order chi connectivity index (χ1) is 13.2. The summed E-state index contributed by atoms with van der Waals surface area (Å²) in [5, 5.41) is 6.40. The first-order valence-corrected chi connectivity index (χ1v) is 9.41. The molecule has 0 aliphatic heterocycles. The van der Waals surface area contributed by atoms with Gasteiger partial charge < -0.3 is 20.1 Å². The Hall–Kier alpha value is -2.76. The number of ether oxygens (including phenoxy) is 2. The molecule has 1 aromatic carbocycles. The van der Waals surface area contributed by atoms with Gasteiger partial charge in [-0.15, -0.1) is 0 Å². The van der Waals surface area contributed by atoms with Gasteiger partial charge in [-0.1, -0.05) is 25.3 Å². The highest BCUT2D eigenvalue weighted by Crippen LogP contribution is 2.27. The molecule has 144 valence electrons. The largest absolute Gasteiger partial charge is 0.493 e. The van der Waals surface area contributed by atoms with Gasteiger partial charge in [0.05, 0.1) is 14.2 Å². The molecular formula is C21H27N3O3. The van der Waals surface area contributed by atoms with Crippen LogP contribution in [0.3, 0.4) is 0 Å². The molecule has 2 N–H and O–H groups in total. The van der Waals surface area contributed by atoms with Crippen LogP contribution in [0, 0.1) is 0 Å². The van der Waals surface area contributed by atoms with Gasteiger partial charge in [0.25, 0.3) is 5.91 Å². The van der Waals surface area contributed by atoms with E-state index >= 15 is 0 Å². The SMILES string of the molecule is COc1ccc(CNC(=O)c2ccnc(NC3CCCCC3)c2)cc1OC. The van der Waals surface area contributed by atoms with E-state index in [0.29, 0.717) is 29.6 Å². The molecule has 6 heteroatoms. The van der Waals surface area contributed by atoms with E-state index in [9.17, 15) is 4.79 Å². The van der Waals surface area contributed by atoms with Crippen LogP contribution in [0.15, 0.2) is 36.5 Å². The smallest absolute Gasteiger partial charge is 0.251 e. The van der Waals surface area contributed by atoms with E-state index in [1.807, 2.05) is 24.3 Å². The van der Waals surface area contributed by atoms with Crippen LogP contribution in [0.5, 0.6) is 11.5 Å². The first kappa shape index (κ1) is 19.0. The average molecular weight is 369 g/mol. The van der Waals surface area contributed by atoms with Gasteiger partial charge in [0, 0.05) is 24.3 Å². The number of nitrogens with zero attached hydrogens (tertiary/aromatic N) is 1. The Morgan fingerprint density at radius 2 is 1.85 bits per heavy atom. The molecule has 3 rings (SSSR count). The Balaban J connectivity index is 1.60. The molecule has 2 aromatic rings. The van der Waals surface area contributed by atoms with Gasteiger partial charge in [-0.25, -0.2) is 4.98 Å². The van der Waals surface area contributed by atoms with E-state index in [0.717, 1.165) is 24.2 Å². The van der Waals surface area contributed by atoms with Gasteiger partial charge in [0.1, 0.15) is 5.82 Å². The fourth-order valence-corrected chi connectivity index (χ4v) is 3.38. The number of aromatic nitrogens is 1. The molecule has 1 saturated carbocycles. The van der Waals surface area contributed by atoms with Crippen molar-refractivity contribution in [1.29, 1.82) is 0 Å². The number of hydrogen-bond donors (Lipinski definition) is 2. The Morgan fingerprint density at radius 3 is 2.59 bits per heavy atom. The number of carbonyl (C=O) groups excluding carboxylic acids is 1. The van der Waals surface area contributed by atoms with Crippen LogP contribution in [0.4, 0.5) is 5.82 Å². The van der Waals surface area contributed by atoms with Crippen LogP contribution >= 0.6 is 0 Å². The molecule has 1 aliphatic carbocycles. The molecule has 27 heavy (non-hydrogen) atoms. The summed E-state index contributed by atoms with van der Waals surface area (Å²) in [6.45, 7) is 0.410. The highest BCUT2D eigenvalue weighted by molar-refractivity contribution is 5.94. The Kier molecular flexibility index (Phi) is 6.52. The quantitative estimate of drug-likeness (QED) is 0.777. The number of anilines is 1. The predicted octanol–water partition coefficient (Wildman–Crippen LogP) is 3.77.